The second-order valence-corrected chi connectivity index (χ2v) is 19.9. The molecule has 0 spiro atoms. The second-order valence-electron chi connectivity index (χ2n) is 18.7. The van der Waals surface area contributed by atoms with E-state index in [1.807, 2.05) is 182 Å². The Morgan fingerprint density at radius 3 is 1.15 bits per heavy atom. The van der Waals surface area contributed by atoms with Gasteiger partial charge in [0.1, 0.15) is 48.2 Å². The molecule has 11 nitrogen and oxygen atoms in total. The van der Waals surface area contributed by atoms with Crippen molar-refractivity contribution in [3.63, 3.8) is 0 Å². The molecule has 2 aliphatic heterocycles. The Morgan fingerprint density at radius 1 is 0.413 bits per heavy atom. The van der Waals surface area contributed by atoms with Gasteiger partial charge in [-0.1, -0.05) is 211 Å². The lowest BCUT2D eigenvalue weighted by molar-refractivity contribution is -0.351. The van der Waals surface area contributed by atoms with Crippen molar-refractivity contribution in [1.82, 2.24) is 0 Å². The standard InChI is InChI=1S/C63H66O11S/c1-45-33-35-53(36-34-45)75-63-61(59(70-42-52-31-19-8-20-32-52)57(68-40-50-27-15-6-16-28-50)55(73-63)44-66-38-48-23-11-4-12-24-48)74-62-60(71-46(2)64)58(69-41-51-29-17-7-18-30-51)56(67-39-49-25-13-5-14-26-49)54(72-62)43-65-37-47-21-9-3-10-22-47/h3-36,54-63H,37-44H2,1-2H3/t54-,55-,56-,57-,58+,59+,60+,61+,62-,63-/m1/s1. The number of benzene rings is 7. The van der Waals surface area contributed by atoms with Crippen LogP contribution >= 0.6 is 11.8 Å². The van der Waals surface area contributed by atoms with Gasteiger partial charge < -0.3 is 47.4 Å². The van der Waals surface area contributed by atoms with Crippen LogP contribution in [0.2, 0.25) is 0 Å². The molecule has 0 aliphatic carbocycles. The van der Waals surface area contributed by atoms with Crippen LogP contribution in [0.3, 0.4) is 0 Å². The molecule has 0 N–H and O–H groups in total. The summed E-state index contributed by atoms with van der Waals surface area (Å²) in [4.78, 5) is 14.4. The van der Waals surface area contributed by atoms with Gasteiger partial charge in [-0.05, 0) is 52.4 Å². The predicted octanol–water partition coefficient (Wildman–Crippen LogP) is 11.6. The molecule has 0 aromatic heterocycles. The third-order valence-corrected chi connectivity index (χ3v) is 14.1. The van der Waals surface area contributed by atoms with E-state index in [0.717, 1.165) is 43.8 Å². The fraction of sp³-hybridized carbons (Fsp3) is 0.317. The topological polar surface area (TPSA) is 109 Å². The molecule has 2 fully saturated rings. The van der Waals surface area contributed by atoms with Gasteiger partial charge in [0.05, 0.1) is 52.9 Å². The summed E-state index contributed by atoms with van der Waals surface area (Å²) in [6, 6.07) is 68.1. The highest BCUT2D eigenvalue weighted by Gasteiger charge is 2.55. The molecule has 0 radical (unpaired) electrons. The second kappa shape index (κ2) is 28.2. The maximum atomic E-state index is 13.5. The molecule has 12 heteroatoms. The van der Waals surface area contributed by atoms with Gasteiger partial charge in [0, 0.05) is 11.8 Å². The Kier molecular flexibility index (Phi) is 20.2. The fourth-order valence-electron chi connectivity index (χ4n) is 9.18. The number of hydrogen-bond donors (Lipinski definition) is 0. The summed E-state index contributed by atoms with van der Waals surface area (Å²) in [5.41, 5.74) is 6.21. The zero-order valence-corrected chi connectivity index (χ0v) is 43.3. The molecule has 10 atom stereocenters. The summed E-state index contributed by atoms with van der Waals surface area (Å²) in [6.07, 6.45) is -7.99. The summed E-state index contributed by atoms with van der Waals surface area (Å²) in [6.45, 7) is 5.27. The molecule has 0 saturated carbocycles. The Morgan fingerprint density at radius 2 is 0.760 bits per heavy atom. The van der Waals surface area contributed by atoms with Gasteiger partial charge in [-0.25, -0.2) is 0 Å². The first-order chi connectivity index (χ1) is 36.9. The molecule has 0 bridgehead atoms. The van der Waals surface area contributed by atoms with Crippen molar-refractivity contribution in [2.45, 2.75) is 119 Å². The fourth-order valence-corrected chi connectivity index (χ4v) is 10.3. The predicted molar refractivity (Wildman–Crippen MR) is 287 cm³/mol. The van der Waals surface area contributed by atoms with Crippen LogP contribution in [0.5, 0.6) is 0 Å². The Bertz CT molecular complexity index is 2710. The summed E-state index contributed by atoms with van der Waals surface area (Å²) in [5, 5.41) is 0. The number of thioether (sulfide) groups is 1. The van der Waals surface area contributed by atoms with Crippen LogP contribution in [0.15, 0.2) is 211 Å². The third-order valence-electron chi connectivity index (χ3n) is 13.0. The van der Waals surface area contributed by atoms with Crippen molar-refractivity contribution in [3.8, 4) is 0 Å². The smallest absolute Gasteiger partial charge is 0.303 e. The molecule has 75 heavy (non-hydrogen) atoms. The first kappa shape index (κ1) is 53.8. The van der Waals surface area contributed by atoms with E-state index < -0.39 is 66.5 Å². The lowest BCUT2D eigenvalue weighted by Gasteiger charge is -2.50. The average molecular weight is 1030 g/mol. The summed E-state index contributed by atoms with van der Waals surface area (Å²) in [5.74, 6) is -0.548. The number of rotatable bonds is 25. The summed E-state index contributed by atoms with van der Waals surface area (Å²) >= 11 is 1.51. The molecule has 2 saturated heterocycles. The van der Waals surface area contributed by atoms with E-state index in [1.54, 1.807) is 0 Å². The SMILES string of the molecule is CC(=O)O[C@@H]1[C@@H](O[C@H]2[C@@H](OCc3ccccc3)[C@H](OCc3ccccc3)[C@@H](COCc3ccccc3)O[C@@H]2Sc2ccc(C)cc2)O[C@H](COCc2ccccc2)[C@@H](OCc2ccccc2)[C@@H]1OCc1ccccc1. The van der Waals surface area contributed by atoms with E-state index in [2.05, 4.69) is 31.2 Å². The van der Waals surface area contributed by atoms with E-state index in [0.29, 0.717) is 13.2 Å². The summed E-state index contributed by atoms with van der Waals surface area (Å²) in [7, 11) is 0. The molecule has 0 unspecified atom stereocenters. The van der Waals surface area contributed by atoms with Gasteiger partial charge in [-0.2, -0.15) is 0 Å². The highest BCUT2D eigenvalue weighted by atomic mass is 32.2. The molecule has 2 aliphatic rings. The largest absolute Gasteiger partial charge is 0.454 e. The van der Waals surface area contributed by atoms with Crippen LogP contribution < -0.4 is 0 Å². The monoisotopic (exact) mass is 1030 g/mol. The normalized spacial score (nSPS) is 23.6. The molecule has 2 heterocycles. The molecule has 7 aromatic rings. The first-order valence-electron chi connectivity index (χ1n) is 25.6. The van der Waals surface area contributed by atoms with Crippen molar-refractivity contribution in [3.05, 3.63) is 245 Å². The van der Waals surface area contributed by atoms with E-state index >= 15 is 0 Å². The van der Waals surface area contributed by atoms with Gasteiger partial charge in [-0.3, -0.25) is 4.79 Å². The number of carbonyl (C=O) groups excluding carboxylic acids is 1. The van der Waals surface area contributed by atoms with E-state index in [9.17, 15) is 4.79 Å². The quantitative estimate of drug-likeness (QED) is 0.0509. The van der Waals surface area contributed by atoms with Crippen LogP contribution in [0.25, 0.3) is 0 Å². The Balaban J connectivity index is 1.12. The van der Waals surface area contributed by atoms with Crippen LogP contribution in [0.1, 0.15) is 45.9 Å². The highest BCUT2D eigenvalue weighted by Crippen LogP contribution is 2.41. The summed E-state index contributed by atoms with van der Waals surface area (Å²) < 4.78 is 69.2. The molecule has 7 aromatic carbocycles. The van der Waals surface area contributed by atoms with Crippen LogP contribution in [-0.4, -0.2) is 79.7 Å². The van der Waals surface area contributed by atoms with Crippen molar-refractivity contribution < 1.29 is 52.2 Å². The van der Waals surface area contributed by atoms with E-state index in [4.69, 9.17) is 47.4 Å². The van der Waals surface area contributed by atoms with Gasteiger partial charge in [-0.15, -0.1) is 0 Å². The van der Waals surface area contributed by atoms with Gasteiger partial charge >= 0.3 is 5.97 Å². The van der Waals surface area contributed by atoms with Gasteiger partial charge in [0.15, 0.2) is 12.4 Å². The minimum atomic E-state index is -1.25. The first-order valence-corrected chi connectivity index (χ1v) is 26.5. The molecular weight excluding hydrogens is 965 g/mol. The van der Waals surface area contributed by atoms with Crippen molar-refractivity contribution in [1.29, 1.82) is 0 Å². The maximum Gasteiger partial charge on any atom is 0.303 e. The van der Waals surface area contributed by atoms with Crippen LogP contribution in [-0.2, 0) is 91.8 Å². The van der Waals surface area contributed by atoms with Crippen molar-refractivity contribution >= 4 is 17.7 Å². The minimum Gasteiger partial charge on any atom is -0.454 e. The number of hydrogen-bond acceptors (Lipinski definition) is 12. The maximum absolute atomic E-state index is 13.5. The number of ether oxygens (including phenoxy) is 10. The lowest BCUT2D eigenvalue weighted by Crippen LogP contribution is -2.66. The lowest BCUT2D eigenvalue weighted by atomic mass is 9.96. The Labute approximate surface area is 445 Å². The van der Waals surface area contributed by atoms with Crippen LogP contribution in [0.4, 0.5) is 0 Å². The molecular formula is C63H66O11S. The van der Waals surface area contributed by atoms with E-state index in [1.165, 1.54) is 18.7 Å². The van der Waals surface area contributed by atoms with Crippen LogP contribution in [0, 0.1) is 6.92 Å². The van der Waals surface area contributed by atoms with Gasteiger partial charge in [0.25, 0.3) is 0 Å². The van der Waals surface area contributed by atoms with E-state index in [-0.39, 0.29) is 39.6 Å². The minimum absolute atomic E-state index is 0.0898. The molecule has 390 valence electrons. The number of aryl methyl sites for hydroxylation is 1. The van der Waals surface area contributed by atoms with Gasteiger partial charge in [0.2, 0.25) is 0 Å². The Hall–Kier alpha value is -6.00. The molecule has 9 rings (SSSR count). The average Bonchev–Trinajstić information content (AvgIpc) is 3.45. The zero-order valence-electron chi connectivity index (χ0n) is 42.5. The number of carbonyl (C=O) groups is 1. The van der Waals surface area contributed by atoms with Crippen molar-refractivity contribution in [2.24, 2.45) is 0 Å². The highest BCUT2D eigenvalue weighted by molar-refractivity contribution is 7.99. The number of esters is 1. The zero-order chi connectivity index (χ0) is 51.4. The third kappa shape index (κ3) is 16.0. The van der Waals surface area contributed by atoms with Crippen molar-refractivity contribution in [2.75, 3.05) is 13.2 Å². The molecule has 0 amide bonds.